The van der Waals surface area contributed by atoms with Gasteiger partial charge in [0, 0.05) is 12.3 Å². The number of terminal acetylenes is 1. The van der Waals surface area contributed by atoms with Crippen LogP contribution in [0.25, 0.3) is 0 Å². The van der Waals surface area contributed by atoms with Gasteiger partial charge in [-0.1, -0.05) is 24.1 Å². The van der Waals surface area contributed by atoms with Crippen LogP contribution in [0.15, 0.2) is 52.2 Å². The van der Waals surface area contributed by atoms with Gasteiger partial charge in [0.05, 0.1) is 19.3 Å². The first-order valence-corrected chi connectivity index (χ1v) is 13.8. The standard InChI is InChI=1S/C23H30N3O9PS/c1-5-18(28)19(34-21(13-27)26-12-11-20(29)24-23(26)31)14-32-36(37,35-17-9-7-6-8-10-17)25-16(4)22(30)33-15(2)3/h1,6-12,15-16,18-19,21,27-28H,13-14H2,2-4H3,(H,25,37)(H,24,29,31)/t16-,18-,19+,21+,36?/m0/s1. The van der Waals surface area contributed by atoms with Crippen LogP contribution < -0.4 is 20.9 Å². The minimum atomic E-state index is -3.49. The Bertz CT molecular complexity index is 1230. The number of rotatable bonds is 14. The van der Waals surface area contributed by atoms with E-state index in [9.17, 15) is 24.6 Å². The second-order valence-corrected chi connectivity index (χ2v) is 11.1. The maximum atomic E-state index is 12.4. The van der Waals surface area contributed by atoms with Crippen LogP contribution in [0.5, 0.6) is 5.75 Å². The summed E-state index contributed by atoms with van der Waals surface area (Å²) in [5, 5.41) is 23.0. The van der Waals surface area contributed by atoms with Gasteiger partial charge in [-0.15, -0.1) is 6.42 Å². The van der Waals surface area contributed by atoms with Crippen molar-refractivity contribution in [2.45, 2.75) is 51.4 Å². The number of ether oxygens (including phenoxy) is 2. The Labute approximate surface area is 218 Å². The highest BCUT2D eigenvalue weighted by Gasteiger charge is 2.32. The molecule has 0 aliphatic heterocycles. The van der Waals surface area contributed by atoms with Crippen molar-refractivity contribution in [1.82, 2.24) is 14.6 Å². The molecule has 0 bridgehead atoms. The summed E-state index contributed by atoms with van der Waals surface area (Å²) < 4.78 is 23.5. The molecule has 0 spiro atoms. The third kappa shape index (κ3) is 9.53. The number of carbonyl (C=O) groups excluding carboxylic acids is 1. The number of aliphatic hydroxyl groups excluding tert-OH is 2. The lowest BCUT2D eigenvalue weighted by molar-refractivity contribution is -0.149. The minimum Gasteiger partial charge on any atom is -0.462 e. The average Bonchev–Trinajstić information content (AvgIpc) is 2.84. The van der Waals surface area contributed by atoms with Gasteiger partial charge in [0.15, 0.2) is 6.23 Å². The van der Waals surface area contributed by atoms with E-state index >= 15 is 0 Å². The summed E-state index contributed by atoms with van der Waals surface area (Å²) in [6.45, 7) is 0.274. The molecular formula is C23H30N3O9PS. The number of para-hydroxylation sites is 1. The zero-order chi connectivity index (χ0) is 27.6. The third-order valence-corrected chi connectivity index (χ3v) is 7.11. The molecule has 1 aromatic carbocycles. The van der Waals surface area contributed by atoms with Gasteiger partial charge < -0.3 is 28.7 Å². The van der Waals surface area contributed by atoms with Crippen LogP contribution in [-0.2, 0) is 30.6 Å². The number of esters is 1. The van der Waals surface area contributed by atoms with Gasteiger partial charge in [-0.3, -0.25) is 19.1 Å². The number of aromatic nitrogens is 2. The van der Waals surface area contributed by atoms with Crippen LogP contribution in [0.1, 0.15) is 27.0 Å². The van der Waals surface area contributed by atoms with Crippen LogP contribution in [0.3, 0.4) is 0 Å². The van der Waals surface area contributed by atoms with Crippen LogP contribution in [-0.4, -0.2) is 63.3 Å². The van der Waals surface area contributed by atoms with E-state index in [0.29, 0.717) is 5.75 Å². The molecule has 0 aliphatic carbocycles. The number of aromatic amines is 1. The van der Waals surface area contributed by atoms with Crippen LogP contribution >= 0.6 is 6.64 Å². The van der Waals surface area contributed by atoms with Gasteiger partial charge in [-0.05, 0) is 44.7 Å². The predicted molar refractivity (Wildman–Crippen MR) is 138 cm³/mol. The Morgan fingerprint density at radius 3 is 2.49 bits per heavy atom. The first kappa shape index (κ1) is 30.4. The smallest absolute Gasteiger partial charge is 0.330 e. The van der Waals surface area contributed by atoms with Crippen LogP contribution in [0.2, 0.25) is 0 Å². The van der Waals surface area contributed by atoms with E-state index in [2.05, 4.69) is 11.0 Å². The molecule has 0 aliphatic rings. The summed E-state index contributed by atoms with van der Waals surface area (Å²) in [6.07, 6.45) is 1.95. The Hall–Kier alpha value is -2.82. The minimum absolute atomic E-state index is 0.353. The fourth-order valence-corrected chi connectivity index (χ4v) is 5.29. The lowest BCUT2D eigenvalue weighted by atomic mass is 10.2. The van der Waals surface area contributed by atoms with Crippen molar-refractivity contribution in [3.63, 3.8) is 0 Å². The van der Waals surface area contributed by atoms with E-state index < -0.39 is 61.6 Å². The van der Waals surface area contributed by atoms with E-state index in [-0.39, 0.29) is 6.10 Å². The largest absolute Gasteiger partial charge is 0.462 e. The summed E-state index contributed by atoms with van der Waals surface area (Å²) in [4.78, 5) is 37.9. The number of nitrogens with one attached hydrogen (secondary N) is 2. The molecule has 5 atom stereocenters. The number of H-pyrrole nitrogens is 1. The van der Waals surface area contributed by atoms with Crippen molar-refractivity contribution in [3.05, 3.63) is 63.4 Å². The lowest BCUT2D eigenvalue weighted by Crippen LogP contribution is -2.41. The van der Waals surface area contributed by atoms with Crippen molar-refractivity contribution in [2.75, 3.05) is 13.2 Å². The number of hydrogen-bond acceptors (Lipinski definition) is 10. The molecule has 202 valence electrons. The van der Waals surface area contributed by atoms with Crippen molar-refractivity contribution in [3.8, 4) is 18.1 Å². The number of aliphatic hydroxyl groups is 2. The summed E-state index contributed by atoms with van der Waals surface area (Å²) in [5.74, 6) is 1.87. The Morgan fingerprint density at radius 1 is 1.24 bits per heavy atom. The maximum Gasteiger partial charge on any atom is 0.330 e. The van der Waals surface area contributed by atoms with E-state index in [1.807, 2.05) is 4.98 Å². The molecule has 0 saturated heterocycles. The highest BCUT2D eigenvalue weighted by Crippen LogP contribution is 2.45. The number of carbonyl (C=O) groups is 1. The summed E-state index contributed by atoms with van der Waals surface area (Å²) in [5.41, 5.74) is -1.49. The summed E-state index contributed by atoms with van der Waals surface area (Å²) in [6, 6.07) is 8.62. The quantitative estimate of drug-likeness (QED) is 0.147. The monoisotopic (exact) mass is 555 g/mol. The normalized spacial score (nSPS) is 16.1. The average molecular weight is 556 g/mol. The van der Waals surface area contributed by atoms with Crippen molar-refractivity contribution in [2.24, 2.45) is 0 Å². The number of hydrogen-bond donors (Lipinski definition) is 4. The Kier molecular flexibility index (Phi) is 11.7. The fraction of sp³-hybridized carbons (Fsp3) is 0.435. The first-order chi connectivity index (χ1) is 17.5. The topological polar surface area (TPSA) is 161 Å². The van der Waals surface area contributed by atoms with Gasteiger partial charge in [0.25, 0.3) is 5.56 Å². The molecule has 1 aromatic heterocycles. The van der Waals surface area contributed by atoms with E-state index in [4.69, 9.17) is 36.8 Å². The zero-order valence-electron chi connectivity index (χ0n) is 20.5. The second kappa shape index (κ2) is 14.2. The molecule has 0 radical (unpaired) electrons. The van der Waals surface area contributed by atoms with E-state index in [0.717, 1.165) is 16.8 Å². The molecule has 0 saturated carbocycles. The summed E-state index contributed by atoms with van der Waals surface area (Å²) in [7, 11) is 0. The SMILES string of the molecule is C#C[C@H](O)[C@@H](COP(=S)(N[C@@H](C)C(=O)OC(C)C)Oc1ccccc1)O[C@H](CO)n1ccc(=O)[nH]c1=O. The van der Waals surface area contributed by atoms with Gasteiger partial charge in [-0.2, -0.15) is 0 Å². The van der Waals surface area contributed by atoms with Crippen molar-refractivity contribution >= 4 is 24.4 Å². The van der Waals surface area contributed by atoms with Crippen LogP contribution in [0.4, 0.5) is 0 Å². The molecule has 37 heavy (non-hydrogen) atoms. The molecule has 14 heteroatoms. The fourth-order valence-electron chi connectivity index (χ4n) is 2.87. The van der Waals surface area contributed by atoms with Gasteiger partial charge in [0.1, 0.15) is 24.0 Å². The van der Waals surface area contributed by atoms with E-state index in [1.54, 1.807) is 44.2 Å². The first-order valence-electron chi connectivity index (χ1n) is 11.2. The highest BCUT2D eigenvalue weighted by molar-refractivity contribution is 8.09. The number of benzene rings is 1. The maximum absolute atomic E-state index is 12.4. The molecule has 1 heterocycles. The highest BCUT2D eigenvalue weighted by atomic mass is 32.5. The molecule has 2 rings (SSSR count). The van der Waals surface area contributed by atoms with Crippen LogP contribution in [0, 0.1) is 12.3 Å². The molecular weight excluding hydrogens is 525 g/mol. The molecule has 4 N–H and O–H groups in total. The molecule has 1 unspecified atom stereocenters. The zero-order valence-corrected chi connectivity index (χ0v) is 22.2. The molecule has 2 aromatic rings. The van der Waals surface area contributed by atoms with Gasteiger partial charge in [0.2, 0.25) is 0 Å². The van der Waals surface area contributed by atoms with Crippen molar-refractivity contribution < 1.29 is 33.5 Å². The van der Waals surface area contributed by atoms with Gasteiger partial charge >= 0.3 is 18.3 Å². The summed E-state index contributed by atoms with van der Waals surface area (Å²) >= 11 is 5.62. The number of nitrogens with zero attached hydrogens (tertiary/aromatic N) is 1. The molecule has 12 nitrogen and oxygen atoms in total. The lowest BCUT2D eigenvalue weighted by Gasteiger charge is -2.30. The molecule has 0 amide bonds. The van der Waals surface area contributed by atoms with Gasteiger partial charge in [-0.25, -0.2) is 9.88 Å². The molecule has 0 fully saturated rings. The predicted octanol–water partition coefficient (Wildman–Crippen LogP) is 0.657. The third-order valence-electron chi connectivity index (χ3n) is 4.61. The second-order valence-electron chi connectivity index (χ2n) is 7.97. The Balaban J connectivity index is 2.28. The Morgan fingerprint density at radius 2 is 1.92 bits per heavy atom. The van der Waals surface area contributed by atoms with Crippen molar-refractivity contribution in [1.29, 1.82) is 0 Å². The van der Waals surface area contributed by atoms with E-state index in [1.165, 1.54) is 6.92 Å².